The van der Waals surface area contributed by atoms with Gasteiger partial charge in [0.15, 0.2) is 6.10 Å². The average Bonchev–Trinajstić information content (AvgIpc) is 3.07. The zero-order valence-electron chi connectivity index (χ0n) is 30.2. The number of phosphoric ester groups is 1. The van der Waals surface area contributed by atoms with Gasteiger partial charge in [0.2, 0.25) is 0 Å². The lowest BCUT2D eigenvalue weighted by molar-refractivity contribution is -0.161. The molecule has 0 bridgehead atoms. The van der Waals surface area contributed by atoms with Gasteiger partial charge in [0, 0.05) is 12.8 Å². The van der Waals surface area contributed by atoms with Crippen LogP contribution in [0.2, 0.25) is 0 Å². The Bertz CT molecular complexity index is 863. The number of rotatable bonds is 35. The van der Waals surface area contributed by atoms with Crippen LogP contribution in [0.4, 0.5) is 0 Å². The van der Waals surface area contributed by atoms with Gasteiger partial charge in [-0.25, -0.2) is 4.57 Å². The summed E-state index contributed by atoms with van der Waals surface area (Å²) in [4.78, 5) is 34.7. The van der Waals surface area contributed by atoms with E-state index in [1.54, 1.807) is 0 Å². The summed E-state index contributed by atoms with van der Waals surface area (Å²) in [6, 6.07) is 0. The van der Waals surface area contributed by atoms with E-state index in [2.05, 4.69) is 42.7 Å². The highest BCUT2D eigenvalue weighted by atomic mass is 31.2. The lowest BCUT2D eigenvalue weighted by atomic mass is 10.1. The molecule has 0 aliphatic carbocycles. The maximum Gasteiger partial charge on any atom is 0.472 e. The molecular weight excluding hydrogens is 635 g/mol. The molecule has 48 heavy (non-hydrogen) atoms. The zero-order chi connectivity index (χ0) is 35.6. The summed E-state index contributed by atoms with van der Waals surface area (Å²) in [7, 11) is -4.61. The number of esters is 2. The minimum absolute atomic E-state index is 0.173. The number of ether oxygens (including phenoxy) is 2. The normalized spacial score (nSPS) is 14.4. The van der Waals surface area contributed by atoms with E-state index in [0.717, 1.165) is 77.0 Å². The van der Waals surface area contributed by atoms with Crippen molar-refractivity contribution in [1.29, 1.82) is 0 Å². The second-order valence-corrected chi connectivity index (χ2v) is 14.0. The van der Waals surface area contributed by atoms with Crippen LogP contribution < -0.4 is 0 Å². The van der Waals surface area contributed by atoms with E-state index >= 15 is 0 Å². The standard InChI is InChI=1S/C37H69O10P/c1-3-5-7-9-11-13-15-16-17-19-20-22-24-26-28-36(40)44-32-35(33-46-48(42,43)45-31-34(39)30-38)47-37(41)29-27-25-23-21-18-14-12-10-8-6-4-2/h10,12,15-16,34-35,38-39H,3-9,11,13-14,17-33H2,1-2H3,(H,42,43)/b12-10-,16-15-/t34-,35+/m0/s1. The molecule has 10 nitrogen and oxygen atoms in total. The van der Waals surface area contributed by atoms with Gasteiger partial charge in [0.05, 0.1) is 19.8 Å². The molecule has 0 radical (unpaired) electrons. The third-order valence-corrected chi connectivity index (χ3v) is 8.78. The molecule has 282 valence electrons. The minimum atomic E-state index is -4.61. The summed E-state index contributed by atoms with van der Waals surface area (Å²) in [5, 5.41) is 18.2. The monoisotopic (exact) mass is 704 g/mol. The number of carbonyl (C=O) groups excluding carboxylic acids is 2. The molecule has 0 fully saturated rings. The third-order valence-electron chi connectivity index (χ3n) is 7.83. The first kappa shape index (κ1) is 46.5. The third kappa shape index (κ3) is 33.0. The number of hydrogen-bond acceptors (Lipinski definition) is 9. The number of unbranched alkanes of at least 4 members (excludes halogenated alkanes) is 17. The van der Waals surface area contributed by atoms with E-state index in [1.807, 2.05) is 0 Å². The van der Waals surface area contributed by atoms with Crippen LogP contribution in [0.15, 0.2) is 24.3 Å². The zero-order valence-corrected chi connectivity index (χ0v) is 31.1. The Morgan fingerprint density at radius 3 is 1.56 bits per heavy atom. The van der Waals surface area contributed by atoms with Crippen molar-refractivity contribution < 1.29 is 47.8 Å². The van der Waals surface area contributed by atoms with Gasteiger partial charge in [0.25, 0.3) is 0 Å². The van der Waals surface area contributed by atoms with Crippen molar-refractivity contribution in [1.82, 2.24) is 0 Å². The Labute approximate surface area is 291 Å². The molecule has 0 saturated carbocycles. The van der Waals surface area contributed by atoms with E-state index in [1.165, 1.54) is 44.9 Å². The fourth-order valence-corrected chi connectivity index (χ4v) is 5.64. The van der Waals surface area contributed by atoms with Gasteiger partial charge >= 0.3 is 19.8 Å². The fourth-order valence-electron chi connectivity index (χ4n) is 4.85. The topological polar surface area (TPSA) is 149 Å². The number of carbonyl (C=O) groups is 2. The molecule has 0 aliphatic heterocycles. The Kier molecular flexibility index (Phi) is 32.8. The molecule has 0 heterocycles. The second-order valence-electron chi connectivity index (χ2n) is 12.6. The summed E-state index contributed by atoms with van der Waals surface area (Å²) >= 11 is 0. The highest BCUT2D eigenvalue weighted by Gasteiger charge is 2.27. The molecule has 0 aliphatic rings. The number of phosphoric acid groups is 1. The Morgan fingerprint density at radius 1 is 0.604 bits per heavy atom. The lowest BCUT2D eigenvalue weighted by Crippen LogP contribution is -2.29. The largest absolute Gasteiger partial charge is 0.472 e. The maximum atomic E-state index is 12.5. The number of aliphatic hydroxyl groups excluding tert-OH is 2. The molecule has 0 aromatic rings. The SMILES string of the molecule is CCCC/C=C\CCCCCCCC(=O)O[C@H](COC(=O)CCCCCCC/C=C\CCCCCCC)COP(=O)(O)OC[C@@H](O)CO. The summed E-state index contributed by atoms with van der Waals surface area (Å²) in [5.74, 6) is -0.947. The first-order valence-corrected chi connectivity index (χ1v) is 20.3. The predicted molar refractivity (Wildman–Crippen MR) is 191 cm³/mol. The van der Waals surface area contributed by atoms with Gasteiger partial charge in [-0.2, -0.15) is 0 Å². The first-order valence-electron chi connectivity index (χ1n) is 18.8. The van der Waals surface area contributed by atoms with Gasteiger partial charge in [-0.15, -0.1) is 0 Å². The minimum Gasteiger partial charge on any atom is -0.462 e. The molecule has 1 unspecified atom stereocenters. The molecule has 0 amide bonds. The quantitative estimate of drug-likeness (QED) is 0.0252. The Hall–Kier alpha value is -1.55. The number of allylic oxidation sites excluding steroid dienone is 4. The fraction of sp³-hybridized carbons (Fsp3) is 0.838. The van der Waals surface area contributed by atoms with E-state index < -0.39 is 51.8 Å². The van der Waals surface area contributed by atoms with Crippen LogP contribution >= 0.6 is 7.82 Å². The summed E-state index contributed by atoms with van der Waals surface area (Å²) in [5.41, 5.74) is 0. The van der Waals surface area contributed by atoms with E-state index in [-0.39, 0.29) is 19.4 Å². The molecule has 0 aromatic carbocycles. The van der Waals surface area contributed by atoms with Crippen LogP contribution in [0.5, 0.6) is 0 Å². The van der Waals surface area contributed by atoms with Crippen LogP contribution in [-0.4, -0.2) is 65.7 Å². The number of hydrogen-bond donors (Lipinski definition) is 3. The second kappa shape index (κ2) is 33.9. The van der Waals surface area contributed by atoms with Crippen molar-refractivity contribution in [2.45, 2.75) is 174 Å². The number of aliphatic hydroxyl groups is 2. The molecule has 0 saturated heterocycles. The molecule has 11 heteroatoms. The Morgan fingerprint density at radius 2 is 1.04 bits per heavy atom. The summed E-state index contributed by atoms with van der Waals surface area (Å²) in [6.07, 6.45) is 30.1. The molecule has 0 spiro atoms. The molecule has 0 rings (SSSR count). The highest BCUT2D eigenvalue weighted by molar-refractivity contribution is 7.47. The van der Waals surface area contributed by atoms with Crippen molar-refractivity contribution in [2.24, 2.45) is 0 Å². The first-order chi connectivity index (χ1) is 23.2. The van der Waals surface area contributed by atoms with Crippen LogP contribution in [0.25, 0.3) is 0 Å². The summed E-state index contributed by atoms with van der Waals surface area (Å²) < 4.78 is 32.5. The van der Waals surface area contributed by atoms with Crippen molar-refractivity contribution >= 4 is 19.8 Å². The van der Waals surface area contributed by atoms with Crippen LogP contribution in [0, 0.1) is 0 Å². The van der Waals surface area contributed by atoms with Crippen LogP contribution in [-0.2, 0) is 32.7 Å². The molecule has 0 aromatic heterocycles. The molecule has 3 atom stereocenters. The van der Waals surface area contributed by atoms with Crippen LogP contribution in [0.1, 0.15) is 162 Å². The van der Waals surface area contributed by atoms with Gasteiger partial charge < -0.3 is 24.6 Å². The van der Waals surface area contributed by atoms with Gasteiger partial charge in [-0.1, -0.05) is 115 Å². The average molecular weight is 705 g/mol. The highest BCUT2D eigenvalue weighted by Crippen LogP contribution is 2.43. The maximum absolute atomic E-state index is 12.5. The predicted octanol–water partition coefficient (Wildman–Crippen LogP) is 9.05. The van der Waals surface area contributed by atoms with Crippen molar-refractivity contribution in [3.63, 3.8) is 0 Å². The van der Waals surface area contributed by atoms with Gasteiger partial charge in [-0.05, 0) is 57.8 Å². The van der Waals surface area contributed by atoms with Crippen molar-refractivity contribution in [3.05, 3.63) is 24.3 Å². The Balaban J connectivity index is 4.39. The van der Waals surface area contributed by atoms with Gasteiger partial charge in [0.1, 0.15) is 12.7 Å². The van der Waals surface area contributed by atoms with Crippen LogP contribution in [0.3, 0.4) is 0 Å². The van der Waals surface area contributed by atoms with E-state index in [9.17, 15) is 24.2 Å². The lowest BCUT2D eigenvalue weighted by Gasteiger charge is -2.20. The van der Waals surface area contributed by atoms with Gasteiger partial charge in [-0.3, -0.25) is 18.6 Å². The summed E-state index contributed by atoms with van der Waals surface area (Å²) in [6.45, 7) is 2.29. The van der Waals surface area contributed by atoms with Crippen molar-refractivity contribution in [3.8, 4) is 0 Å². The molecular formula is C37H69O10P. The van der Waals surface area contributed by atoms with Crippen molar-refractivity contribution in [2.75, 3.05) is 26.4 Å². The molecule has 3 N–H and O–H groups in total. The van der Waals surface area contributed by atoms with E-state index in [0.29, 0.717) is 12.8 Å². The van der Waals surface area contributed by atoms with E-state index in [4.69, 9.17) is 19.1 Å². The smallest absolute Gasteiger partial charge is 0.462 e.